The highest BCUT2D eigenvalue weighted by Crippen LogP contribution is 2.17. The highest BCUT2D eigenvalue weighted by atomic mass is 16.7. The zero-order chi connectivity index (χ0) is 10.8. The summed E-state index contributed by atoms with van der Waals surface area (Å²) in [6.45, 7) is 1.42. The molecule has 1 aromatic carbocycles. The van der Waals surface area contributed by atoms with Gasteiger partial charge in [0.1, 0.15) is 0 Å². The monoisotopic (exact) mass is 215 g/mol. The van der Waals surface area contributed by atoms with Gasteiger partial charge in [0.25, 0.3) is 0 Å². The molecule has 0 spiro atoms. The predicted octanol–water partition coefficient (Wildman–Crippen LogP) is 2.15. The third-order valence-corrected chi connectivity index (χ3v) is 2.76. The van der Waals surface area contributed by atoms with E-state index in [9.17, 15) is 0 Å². The number of ether oxygens (including phenoxy) is 2. The van der Waals surface area contributed by atoms with Crippen molar-refractivity contribution in [1.82, 2.24) is 4.98 Å². The molecule has 16 heavy (non-hydrogen) atoms. The first-order chi connectivity index (χ1) is 7.92. The van der Waals surface area contributed by atoms with Gasteiger partial charge in [0.2, 0.25) is 0 Å². The molecule has 0 amide bonds. The van der Waals surface area contributed by atoms with Crippen LogP contribution in [0.15, 0.2) is 36.5 Å². The molecule has 0 N–H and O–H groups in total. The molecule has 0 radical (unpaired) electrons. The average Bonchev–Trinajstić information content (AvgIpc) is 2.82. The second-order valence-corrected chi connectivity index (χ2v) is 3.91. The van der Waals surface area contributed by atoms with Crippen LogP contribution in [0.2, 0.25) is 0 Å². The van der Waals surface area contributed by atoms with Crippen LogP contribution in [-0.2, 0) is 15.9 Å². The lowest BCUT2D eigenvalue weighted by molar-refractivity contribution is -0.0399. The van der Waals surface area contributed by atoms with Gasteiger partial charge >= 0.3 is 0 Å². The maximum Gasteiger partial charge on any atom is 0.161 e. The summed E-state index contributed by atoms with van der Waals surface area (Å²) < 4.78 is 10.9. The molecule has 3 rings (SSSR count). The minimum atomic E-state index is -0.0749. The van der Waals surface area contributed by atoms with E-state index in [1.165, 1.54) is 5.56 Å². The molecule has 0 unspecified atom stereocenters. The zero-order valence-corrected chi connectivity index (χ0v) is 8.93. The number of rotatable bonds is 2. The first-order valence-corrected chi connectivity index (χ1v) is 5.49. The fourth-order valence-corrected chi connectivity index (χ4v) is 1.97. The van der Waals surface area contributed by atoms with Crippen molar-refractivity contribution in [3.05, 3.63) is 42.1 Å². The number of nitrogens with zero attached hydrogens (tertiary/aromatic N) is 1. The van der Waals surface area contributed by atoms with Crippen LogP contribution >= 0.6 is 0 Å². The van der Waals surface area contributed by atoms with E-state index in [0.717, 1.165) is 17.3 Å². The maximum atomic E-state index is 5.43. The van der Waals surface area contributed by atoms with Crippen molar-refractivity contribution in [1.29, 1.82) is 0 Å². The van der Waals surface area contributed by atoms with Crippen LogP contribution in [0.4, 0.5) is 0 Å². The molecule has 1 fully saturated rings. The third-order valence-electron chi connectivity index (χ3n) is 2.76. The molecule has 1 aliphatic heterocycles. The smallest absolute Gasteiger partial charge is 0.161 e. The van der Waals surface area contributed by atoms with E-state index in [0.29, 0.717) is 13.2 Å². The fraction of sp³-hybridized carbons (Fsp3) is 0.308. The lowest BCUT2D eigenvalue weighted by atomic mass is 10.1. The van der Waals surface area contributed by atoms with Crippen LogP contribution in [0.25, 0.3) is 10.9 Å². The summed E-state index contributed by atoms with van der Waals surface area (Å²) in [5.74, 6) is 0. The number of pyridine rings is 1. The van der Waals surface area contributed by atoms with Gasteiger partial charge in [-0.3, -0.25) is 4.98 Å². The predicted molar refractivity (Wildman–Crippen MR) is 61.1 cm³/mol. The Balaban J connectivity index is 1.86. The maximum absolute atomic E-state index is 5.43. The summed E-state index contributed by atoms with van der Waals surface area (Å²) in [7, 11) is 0. The second kappa shape index (κ2) is 4.20. The Morgan fingerprint density at radius 2 is 2.06 bits per heavy atom. The summed E-state index contributed by atoms with van der Waals surface area (Å²) in [6.07, 6.45) is 2.55. The largest absolute Gasteiger partial charge is 0.350 e. The van der Waals surface area contributed by atoms with Crippen LogP contribution in [0.1, 0.15) is 5.56 Å². The van der Waals surface area contributed by atoms with Crippen molar-refractivity contribution in [3.8, 4) is 0 Å². The molecule has 2 aromatic rings. The van der Waals surface area contributed by atoms with Crippen LogP contribution in [0.3, 0.4) is 0 Å². The molecule has 0 saturated carbocycles. The van der Waals surface area contributed by atoms with Gasteiger partial charge in [-0.1, -0.05) is 12.1 Å². The molecule has 0 aliphatic carbocycles. The SMILES string of the molecule is c1cnc2ccc(CC3OCCO3)cc2c1. The van der Waals surface area contributed by atoms with E-state index in [-0.39, 0.29) is 6.29 Å². The average molecular weight is 215 g/mol. The highest BCUT2D eigenvalue weighted by molar-refractivity contribution is 5.78. The molecular weight excluding hydrogens is 202 g/mol. The fourth-order valence-electron chi connectivity index (χ4n) is 1.97. The molecule has 1 aliphatic rings. The van der Waals surface area contributed by atoms with Gasteiger partial charge in [0, 0.05) is 18.0 Å². The molecule has 0 atom stereocenters. The molecule has 2 heterocycles. The molecule has 3 heteroatoms. The summed E-state index contributed by atoms with van der Waals surface area (Å²) >= 11 is 0. The van der Waals surface area contributed by atoms with Gasteiger partial charge < -0.3 is 9.47 Å². The minimum Gasteiger partial charge on any atom is -0.350 e. The molecule has 1 saturated heterocycles. The number of benzene rings is 1. The van der Waals surface area contributed by atoms with E-state index in [1.54, 1.807) is 0 Å². The Hall–Kier alpha value is -1.45. The quantitative estimate of drug-likeness (QED) is 0.769. The van der Waals surface area contributed by atoms with Gasteiger partial charge in [-0.2, -0.15) is 0 Å². The summed E-state index contributed by atoms with van der Waals surface area (Å²) in [5.41, 5.74) is 2.26. The first kappa shape index (κ1) is 9.75. The Morgan fingerprint density at radius 3 is 2.94 bits per heavy atom. The first-order valence-electron chi connectivity index (χ1n) is 5.49. The second-order valence-electron chi connectivity index (χ2n) is 3.91. The van der Waals surface area contributed by atoms with Crippen molar-refractivity contribution in [2.75, 3.05) is 13.2 Å². The van der Waals surface area contributed by atoms with Gasteiger partial charge in [-0.25, -0.2) is 0 Å². The molecule has 1 aromatic heterocycles. The standard InChI is InChI=1S/C13H13NO2/c1-2-11-8-10(3-4-12(11)14-5-1)9-13-15-6-7-16-13/h1-5,8,13H,6-7,9H2. The van der Waals surface area contributed by atoms with Crippen LogP contribution in [0, 0.1) is 0 Å². The van der Waals surface area contributed by atoms with E-state index in [4.69, 9.17) is 9.47 Å². The lowest BCUT2D eigenvalue weighted by Crippen LogP contribution is -2.11. The zero-order valence-electron chi connectivity index (χ0n) is 8.93. The van der Waals surface area contributed by atoms with Crippen molar-refractivity contribution in [2.45, 2.75) is 12.7 Å². The van der Waals surface area contributed by atoms with Gasteiger partial charge in [-0.15, -0.1) is 0 Å². The number of fused-ring (bicyclic) bond motifs is 1. The lowest BCUT2D eigenvalue weighted by Gasteiger charge is -2.09. The highest BCUT2D eigenvalue weighted by Gasteiger charge is 2.16. The van der Waals surface area contributed by atoms with Crippen LogP contribution in [0.5, 0.6) is 0 Å². The minimum absolute atomic E-state index is 0.0749. The number of aromatic nitrogens is 1. The van der Waals surface area contributed by atoms with E-state index in [1.807, 2.05) is 18.3 Å². The molecule has 3 nitrogen and oxygen atoms in total. The Bertz CT molecular complexity index is 492. The topological polar surface area (TPSA) is 31.4 Å². The third kappa shape index (κ3) is 1.92. The summed E-state index contributed by atoms with van der Waals surface area (Å²) in [5, 5.41) is 1.16. The van der Waals surface area contributed by atoms with Crippen molar-refractivity contribution in [3.63, 3.8) is 0 Å². The number of hydrogen-bond acceptors (Lipinski definition) is 3. The molecule has 0 bridgehead atoms. The number of hydrogen-bond donors (Lipinski definition) is 0. The van der Waals surface area contributed by atoms with E-state index >= 15 is 0 Å². The van der Waals surface area contributed by atoms with Gasteiger partial charge in [0.05, 0.1) is 18.7 Å². The summed E-state index contributed by atoms with van der Waals surface area (Å²) in [4.78, 5) is 4.29. The van der Waals surface area contributed by atoms with Crippen molar-refractivity contribution < 1.29 is 9.47 Å². The van der Waals surface area contributed by atoms with Crippen molar-refractivity contribution >= 4 is 10.9 Å². The summed E-state index contributed by atoms with van der Waals surface area (Å²) in [6, 6.07) is 10.3. The Morgan fingerprint density at radius 1 is 1.19 bits per heavy atom. The van der Waals surface area contributed by atoms with Gasteiger partial charge in [-0.05, 0) is 23.8 Å². The van der Waals surface area contributed by atoms with Gasteiger partial charge in [0.15, 0.2) is 6.29 Å². The van der Waals surface area contributed by atoms with Crippen LogP contribution in [-0.4, -0.2) is 24.5 Å². The van der Waals surface area contributed by atoms with E-state index < -0.39 is 0 Å². The Labute approximate surface area is 94.0 Å². The normalized spacial score (nSPS) is 17.0. The molecule has 82 valence electrons. The molecular formula is C13H13NO2. The Kier molecular flexibility index (Phi) is 2.56. The van der Waals surface area contributed by atoms with E-state index in [2.05, 4.69) is 23.2 Å². The van der Waals surface area contributed by atoms with Crippen molar-refractivity contribution in [2.24, 2.45) is 0 Å². The van der Waals surface area contributed by atoms with Crippen LogP contribution < -0.4 is 0 Å².